The van der Waals surface area contributed by atoms with Crippen molar-refractivity contribution in [3.8, 4) is 0 Å². The first-order valence-corrected chi connectivity index (χ1v) is 15.1. The van der Waals surface area contributed by atoms with Gasteiger partial charge in [0, 0.05) is 37.0 Å². The number of thioether (sulfide) groups is 1. The second kappa shape index (κ2) is 11.7. The lowest BCUT2D eigenvalue weighted by Gasteiger charge is -2.33. The van der Waals surface area contributed by atoms with Gasteiger partial charge >= 0.3 is 0 Å². The van der Waals surface area contributed by atoms with E-state index < -0.39 is 10.0 Å². The fraction of sp³-hybridized carbons (Fsp3) is 0.455. The molecule has 7 nitrogen and oxygen atoms in total. The molecule has 1 fully saturated rings. The zero-order valence-corrected chi connectivity index (χ0v) is 23.4. The minimum Gasteiger partial charge on any atom is -0.308 e. The Hall–Kier alpha value is -1.21. The molecule has 1 aliphatic rings. The standard InChI is InChI=1S/C22H28N4O3S4.ClH/c1-24(2)12-13-26(22-23-18-7-6-17(30-3)15-19(18)32-22)21(27)16-8-10-25(11-9-16)33(28,29)20-5-4-14-31-20;/h4-7,14-16H,8-13H2,1-3H3;1H. The number of halogens is 1. The van der Waals surface area contributed by atoms with Crippen LogP contribution in [0.5, 0.6) is 0 Å². The topological polar surface area (TPSA) is 73.8 Å². The van der Waals surface area contributed by atoms with Crippen LogP contribution in [0.15, 0.2) is 44.8 Å². The summed E-state index contributed by atoms with van der Waals surface area (Å²) < 4.78 is 28.6. The third kappa shape index (κ3) is 5.95. The van der Waals surface area contributed by atoms with Crippen molar-refractivity contribution in [1.29, 1.82) is 0 Å². The Kier molecular flexibility index (Phi) is 9.41. The van der Waals surface area contributed by atoms with Crippen LogP contribution in [0.3, 0.4) is 0 Å². The molecule has 0 bridgehead atoms. The number of fused-ring (bicyclic) bond motifs is 1. The van der Waals surface area contributed by atoms with Crippen molar-refractivity contribution < 1.29 is 13.2 Å². The number of likely N-dealkylation sites (N-methyl/N-ethyl adjacent to an activating group) is 1. The maximum atomic E-state index is 13.6. The summed E-state index contributed by atoms with van der Waals surface area (Å²) in [4.78, 5) is 23.4. The number of rotatable bonds is 8. The highest BCUT2D eigenvalue weighted by atomic mass is 35.5. The Morgan fingerprint density at radius 2 is 1.94 bits per heavy atom. The van der Waals surface area contributed by atoms with E-state index in [4.69, 9.17) is 4.98 Å². The Morgan fingerprint density at radius 1 is 1.21 bits per heavy atom. The number of carbonyl (C=O) groups excluding carboxylic acids is 1. The minimum atomic E-state index is -3.48. The quantitative estimate of drug-likeness (QED) is 0.378. The molecular formula is C22H29ClN4O3S4. The van der Waals surface area contributed by atoms with Crippen molar-refractivity contribution in [3.63, 3.8) is 0 Å². The minimum absolute atomic E-state index is 0. The first-order valence-electron chi connectivity index (χ1n) is 10.7. The van der Waals surface area contributed by atoms with Gasteiger partial charge in [0.25, 0.3) is 10.0 Å². The summed E-state index contributed by atoms with van der Waals surface area (Å²) in [6.07, 6.45) is 3.08. The summed E-state index contributed by atoms with van der Waals surface area (Å²) in [6.45, 7) is 1.99. The molecular weight excluding hydrogens is 532 g/mol. The summed E-state index contributed by atoms with van der Waals surface area (Å²) in [5.74, 6) is -0.176. The van der Waals surface area contributed by atoms with Crippen LogP contribution in [0.1, 0.15) is 12.8 Å². The molecule has 1 aromatic carbocycles. The number of sulfonamides is 1. The van der Waals surface area contributed by atoms with E-state index in [0.717, 1.165) is 16.8 Å². The predicted octanol–water partition coefficient (Wildman–Crippen LogP) is 4.50. The third-order valence-electron chi connectivity index (χ3n) is 5.74. The third-order valence-corrected chi connectivity index (χ3v) is 10.8. The molecule has 2 aromatic heterocycles. The number of piperidine rings is 1. The lowest BCUT2D eigenvalue weighted by molar-refractivity contribution is -0.123. The fourth-order valence-electron chi connectivity index (χ4n) is 3.84. The molecule has 1 aliphatic heterocycles. The van der Waals surface area contributed by atoms with Gasteiger partial charge < -0.3 is 4.90 Å². The highest BCUT2D eigenvalue weighted by molar-refractivity contribution is 7.98. The lowest BCUT2D eigenvalue weighted by atomic mass is 9.96. The van der Waals surface area contributed by atoms with Crippen LogP contribution in [0.4, 0.5) is 5.13 Å². The van der Waals surface area contributed by atoms with E-state index in [-0.39, 0.29) is 24.2 Å². The number of thiophene rings is 1. The normalized spacial score (nSPS) is 15.5. The van der Waals surface area contributed by atoms with Crippen LogP contribution in [0.25, 0.3) is 10.2 Å². The van der Waals surface area contributed by atoms with Crippen molar-refractivity contribution in [3.05, 3.63) is 35.7 Å². The lowest BCUT2D eigenvalue weighted by Crippen LogP contribution is -2.45. The van der Waals surface area contributed by atoms with Crippen molar-refractivity contribution in [2.75, 3.05) is 51.4 Å². The largest absolute Gasteiger partial charge is 0.308 e. The summed E-state index contributed by atoms with van der Waals surface area (Å²) in [7, 11) is 0.494. The molecule has 34 heavy (non-hydrogen) atoms. The number of nitrogens with zero attached hydrogens (tertiary/aromatic N) is 4. The van der Waals surface area contributed by atoms with Crippen LogP contribution in [0.2, 0.25) is 0 Å². The van der Waals surface area contributed by atoms with E-state index in [1.54, 1.807) is 34.2 Å². The molecule has 0 N–H and O–H groups in total. The summed E-state index contributed by atoms with van der Waals surface area (Å²) in [5, 5.41) is 2.48. The van der Waals surface area contributed by atoms with Gasteiger partial charge in [0.05, 0.1) is 10.2 Å². The molecule has 3 aromatic rings. The monoisotopic (exact) mass is 560 g/mol. The van der Waals surface area contributed by atoms with Gasteiger partial charge in [-0.15, -0.1) is 35.5 Å². The van der Waals surface area contributed by atoms with E-state index in [9.17, 15) is 13.2 Å². The molecule has 0 saturated carbocycles. The first-order chi connectivity index (χ1) is 15.8. The maximum absolute atomic E-state index is 13.6. The number of hydrogen-bond donors (Lipinski definition) is 0. The fourth-order valence-corrected chi connectivity index (χ4v) is 8.00. The maximum Gasteiger partial charge on any atom is 0.252 e. The highest BCUT2D eigenvalue weighted by Gasteiger charge is 2.35. The zero-order chi connectivity index (χ0) is 23.6. The smallest absolute Gasteiger partial charge is 0.252 e. The van der Waals surface area contributed by atoms with E-state index in [0.29, 0.717) is 41.8 Å². The molecule has 4 rings (SSSR count). The van der Waals surface area contributed by atoms with Crippen LogP contribution in [-0.4, -0.2) is 75.0 Å². The predicted molar refractivity (Wildman–Crippen MR) is 145 cm³/mol. The average molecular weight is 561 g/mol. The molecule has 1 saturated heterocycles. The molecule has 0 radical (unpaired) electrons. The van der Waals surface area contributed by atoms with Gasteiger partial charge in [-0.2, -0.15) is 4.31 Å². The number of anilines is 1. The molecule has 0 unspecified atom stereocenters. The SMILES string of the molecule is CSc1ccc2nc(N(CCN(C)C)C(=O)C3CCN(S(=O)(=O)c4cccs4)CC3)sc2c1.Cl. The molecule has 3 heterocycles. The molecule has 12 heteroatoms. The highest BCUT2D eigenvalue weighted by Crippen LogP contribution is 2.34. The van der Waals surface area contributed by atoms with Crippen LogP contribution in [-0.2, 0) is 14.8 Å². The Morgan fingerprint density at radius 3 is 2.56 bits per heavy atom. The van der Waals surface area contributed by atoms with E-state index in [1.165, 1.54) is 31.9 Å². The summed E-state index contributed by atoms with van der Waals surface area (Å²) in [6, 6.07) is 9.55. The molecule has 0 atom stereocenters. The van der Waals surface area contributed by atoms with E-state index in [2.05, 4.69) is 11.0 Å². The number of thiazole rings is 1. The number of amides is 1. The van der Waals surface area contributed by atoms with E-state index >= 15 is 0 Å². The Balaban J connectivity index is 0.00000324. The van der Waals surface area contributed by atoms with Crippen molar-refractivity contribution >= 4 is 78.1 Å². The van der Waals surface area contributed by atoms with Gasteiger partial charge in [-0.1, -0.05) is 17.4 Å². The van der Waals surface area contributed by atoms with Crippen molar-refractivity contribution in [2.24, 2.45) is 5.92 Å². The van der Waals surface area contributed by atoms with Crippen LogP contribution >= 0.6 is 46.8 Å². The van der Waals surface area contributed by atoms with E-state index in [1.807, 2.05) is 32.5 Å². The molecule has 0 aliphatic carbocycles. The number of carbonyl (C=O) groups is 1. The number of aromatic nitrogens is 1. The van der Waals surface area contributed by atoms with Gasteiger partial charge in [-0.3, -0.25) is 9.69 Å². The van der Waals surface area contributed by atoms with Crippen molar-refractivity contribution in [1.82, 2.24) is 14.2 Å². The van der Waals surface area contributed by atoms with Gasteiger partial charge in [-0.25, -0.2) is 13.4 Å². The zero-order valence-electron chi connectivity index (χ0n) is 19.3. The average Bonchev–Trinajstić information content (AvgIpc) is 3.49. The van der Waals surface area contributed by atoms with Gasteiger partial charge in [0.2, 0.25) is 5.91 Å². The Bertz CT molecular complexity index is 1210. The van der Waals surface area contributed by atoms with Gasteiger partial charge in [0.1, 0.15) is 4.21 Å². The molecule has 186 valence electrons. The van der Waals surface area contributed by atoms with Crippen LogP contribution in [0, 0.1) is 5.92 Å². The molecule has 0 spiro atoms. The number of benzene rings is 1. The van der Waals surface area contributed by atoms with Gasteiger partial charge in [-0.05, 0) is 62.8 Å². The molecule has 1 amide bonds. The van der Waals surface area contributed by atoms with Gasteiger partial charge in [0.15, 0.2) is 5.13 Å². The summed E-state index contributed by atoms with van der Waals surface area (Å²) in [5.41, 5.74) is 0.896. The second-order valence-corrected chi connectivity index (χ2v) is 13.2. The van der Waals surface area contributed by atoms with Crippen LogP contribution < -0.4 is 4.90 Å². The Labute approximate surface area is 219 Å². The second-order valence-electron chi connectivity index (χ2n) is 8.23. The first kappa shape index (κ1) is 27.4. The van der Waals surface area contributed by atoms with Crippen molar-refractivity contribution in [2.45, 2.75) is 21.9 Å². The summed E-state index contributed by atoms with van der Waals surface area (Å²) >= 11 is 4.45. The number of hydrogen-bond acceptors (Lipinski definition) is 8.